The highest BCUT2D eigenvalue weighted by atomic mass is 19.3. The van der Waals surface area contributed by atoms with E-state index in [0.717, 1.165) is 12.8 Å². The van der Waals surface area contributed by atoms with Crippen LogP contribution in [0.1, 0.15) is 25.7 Å². The van der Waals surface area contributed by atoms with Crippen LogP contribution in [0.5, 0.6) is 5.75 Å². The van der Waals surface area contributed by atoms with Crippen LogP contribution in [0.2, 0.25) is 0 Å². The zero-order valence-electron chi connectivity index (χ0n) is 13.0. The first-order valence-electron chi connectivity index (χ1n) is 7.63. The standard InChI is InChI=1S/C15H19F2N3O4/c16-15(17)24-13-8-11(4-5-12(13)20(22)23)19-7-1-2-10(9-19)3-6-14(18)21/h4-5,8,10,15H,1-3,6-7,9H2,(H2,18,21). The molecule has 1 fully saturated rings. The Kier molecular flexibility index (Phi) is 5.88. The van der Waals surface area contributed by atoms with Gasteiger partial charge in [-0.15, -0.1) is 0 Å². The molecular formula is C15H19F2N3O4. The van der Waals surface area contributed by atoms with Crippen LogP contribution in [0.25, 0.3) is 0 Å². The van der Waals surface area contributed by atoms with E-state index >= 15 is 0 Å². The number of anilines is 1. The molecular weight excluding hydrogens is 324 g/mol. The molecule has 0 saturated carbocycles. The van der Waals surface area contributed by atoms with E-state index in [1.807, 2.05) is 4.90 Å². The molecule has 2 N–H and O–H groups in total. The van der Waals surface area contributed by atoms with Gasteiger partial charge in [0.05, 0.1) is 4.92 Å². The van der Waals surface area contributed by atoms with E-state index in [1.165, 1.54) is 18.2 Å². The molecule has 1 unspecified atom stereocenters. The Morgan fingerprint density at radius 2 is 2.25 bits per heavy atom. The largest absolute Gasteiger partial charge is 0.427 e. The molecule has 1 aliphatic rings. The first-order valence-corrected chi connectivity index (χ1v) is 7.63. The third-order valence-electron chi connectivity index (χ3n) is 4.04. The highest BCUT2D eigenvalue weighted by Crippen LogP contribution is 2.34. The molecule has 0 bridgehead atoms. The topological polar surface area (TPSA) is 98.7 Å². The molecule has 1 aromatic rings. The summed E-state index contributed by atoms with van der Waals surface area (Å²) in [6, 6.07) is 3.95. The number of carbonyl (C=O) groups excluding carboxylic acids is 1. The van der Waals surface area contributed by atoms with Gasteiger partial charge in [-0.2, -0.15) is 8.78 Å². The van der Waals surface area contributed by atoms with Gasteiger partial charge in [-0.25, -0.2) is 0 Å². The quantitative estimate of drug-likeness (QED) is 0.606. The molecule has 0 aliphatic carbocycles. The number of benzene rings is 1. The number of carbonyl (C=O) groups is 1. The summed E-state index contributed by atoms with van der Waals surface area (Å²) >= 11 is 0. The lowest BCUT2D eigenvalue weighted by atomic mass is 9.93. The normalized spacial score (nSPS) is 17.8. The number of hydrogen-bond donors (Lipinski definition) is 1. The van der Waals surface area contributed by atoms with Gasteiger partial charge in [0, 0.05) is 37.3 Å². The van der Waals surface area contributed by atoms with Crippen molar-refractivity contribution in [1.82, 2.24) is 0 Å². The van der Waals surface area contributed by atoms with Crippen LogP contribution in [-0.4, -0.2) is 30.5 Å². The van der Waals surface area contributed by atoms with E-state index in [0.29, 0.717) is 31.6 Å². The smallest absolute Gasteiger partial charge is 0.387 e. The van der Waals surface area contributed by atoms with Crippen molar-refractivity contribution in [2.24, 2.45) is 11.7 Å². The zero-order chi connectivity index (χ0) is 17.7. The Labute approximate surface area is 137 Å². The number of nitro benzene ring substituents is 1. The van der Waals surface area contributed by atoms with Crippen LogP contribution in [-0.2, 0) is 4.79 Å². The Balaban J connectivity index is 2.15. The monoisotopic (exact) mass is 343 g/mol. The third kappa shape index (κ3) is 4.77. The first kappa shape index (κ1) is 17.9. The molecule has 9 heteroatoms. The van der Waals surface area contributed by atoms with Gasteiger partial charge in [0.1, 0.15) is 0 Å². The lowest BCUT2D eigenvalue weighted by molar-refractivity contribution is -0.386. The minimum Gasteiger partial charge on any atom is -0.427 e. The number of nitrogens with two attached hydrogens (primary N) is 1. The maximum atomic E-state index is 12.5. The maximum absolute atomic E-state index is 12.5. The van der Waals surface area contributed by atoms with Crippen LogP contribution < -0.4 is 15.4 Å². The molecule has 1 aromatic carbocycles. The molecule has 1 atom stereocenters. The molecule has 0 radical (unpaired) electrons. The van der Waals surface area contributed by atoms with Crippen LogP contribution in [0, 0.1) is 16.0 Å². The molecule has 1 saturated heterocycles. The highest BCUT2D eigenvalue weighted by molar-refractivity contribution is 5.73. The number of halogens is 2. The van der Waals surface area contributed by atoms with E-state index in [-0.39, 0.29) is 11.8 Å². The predicted octanol–water partition coefficient (Wildman–Crippen LogP) is 2.68. The number of piperidine rings is 1. The second-order valence-corrected chi connectivity index (χ2v) is 5.75. The Morgan fingerprint density at radius 1 is 1.50 bits per heavy atom. The Morgan fingerprint density at radius 3 is 2.88 bits per heavy atom. The minimum absolute atomic E-state index is 0.265. The highest BCUT2D eigenvalue weighted by Gasteiger charge is 2.24. The van der Waals surface area contributed by atoms with Gasteiger partial charge in [-0.05, 0) is 31.2 Å². The van der Waals surface area contributed by atoms with Crippen molar-refractivity contribution in [3.05, 3.63) is 28.3 Å². The van der Waals surface area contributed by atoms with Gasteiger partial charge in [-0.1, -0.05) is 0 Å². The minimum atomic E-state index is -3.14. The summed E-state index contributed by atoms with van der Waals surface area (Å²) in [5.41, 5.74) is 5.25. The van der Waals surface area contributed by atoms with Crippen molar-refractivity contribution in [3.8, 4) is 5.75 Å². The van der Waals surface area contributed by atoms with E-state index in [1.54, 1.807) is 0 Å². The van der Waals surface area contributed by atoms with Gasteiger partial charge in [0.25, 0.3) is 0 Å². The number of hydrogen-bond acceptors (Lipinski definition) is 5. The van der Waals surface area contributed by atoms with Crippen LogP contribution >= 0.6 is 0 Å². The summed E-state index contributed by atoms with van der Waals surface area (Å²) < 4.78 is 29.2. The van der Waals surface area contributed by atoms with Crippen molar-refractivity contribution >= 4 is 17.3 Å². The number of nitro groups is 1. The molecule has 132 valence electrons. The molecule has 0 aromatic heterocycles. The fourth-order valence-electron chi connectivity index (χ4n) is 2.92. The van der Waals surface area contributed by atoms with Crippen LogP contribution in [0.4, 0.5) is 20.2 Å². The summed E-state index contributed by atoms with van der Waals surface area (Å²) in [6.07, 6.45) is 2.81. The fourth-order valence-corrected chi connectivity index (χ4v) is 2.92. The second-order valence-electron chi connectivity index (χ2n) is 5.75. The van der Waals surface area contributed by atoms with E-state index in [9.17, 15) is 23.7 Å². The van der Waals surface area contributed by atoms with Gasteiger partial charge in [0.15, 0.2) is 0 Å². The maximum Gasteiger partial charge on any atom is 0.387 e. The van der Waals surface area contributed by atoms with Crippen molar-refractivity contribution in [2.75, 3.05) is 18.0 Å². The summed E-state index contributed by atoms with van der Waals surface area (Å²) in [6.45, 7) is -1.79. The summed E-state index contributed by atoms with van der Waals surface area (Å²) in [5, 5.41) is 10.9. The molecule has 7 nitrogen and oxygen atoms in total. The Hall–Kier alpha value is -2.45. The lowest BCUT2D eigenvalue weighted by Crippen LogP contribution is -2.35. The SMILES string of the molecule is NC(=O)CCC1CCCN(c2ccc([N+](=O)[O-])c(OC(F)F)c2)C1. The average Bonchev–Trinajstić information content (AvgIpc) is 2.52. The van der Waals surface area contributed by atoms with Gasteiger partial charge in [0.2, 0.25) is 11.7 Å². The number of rotatable bonds is 7. The zero-order valence-corrected chi connectivity index (χ0v) is 13.0. The van der Waals surface area contributed by atoms with Gasteiger partial charge in [-0.3, -0.25) is 14.9 Å². The number of amides is 1. The Bertz CT molecular complexity index is 612. The van der Waals surface area contributed by atoms with Crippen LogP contribution in [0.15, 0.2) is 18.2 Å². The molecule has 24 heavy (non-hydrogen) atoms. The predicted molar refractivity (Wildman–Crippen MR) is 83.1 cm³/mol. The molecule has 1 amide bonds. The van der Waals surface area contributed by atoms with Gasteiger partial charge < -0.3 is 15.4 Å². The summed E-state index contributed by atoms with van der Waals surface area (Å²) in [4.78, 5) is 23.0. The van der Waals surface area contributed by atoms with E-state index in [2.05, 4.69) is 4.74 Å². The third-order valence-corrected chi connectivity index (χ3v) is 4.04. The van der Waals surface area contributed by atoms with E-state index in [4.69, 9.17) is 5.73 Å². The number of nitrogens with zero attached hydrogens (tertiary/aromatic N) is 2. The summed E-state index contributed by atoms with van der Waals surface area (Å²) in [7, 11) is 0. The van der Waals surface area contributed by atoms with E-state index < -0.39 is 23.0 Å². The molecule has 1 heterocycles. The lowest BCUT2D eigenvalue weighted by Gasteiger charge is -2.34. The average molecular weight is 343 g/mol. The van der Waals surface area contributed by atoms with Crippen LogP contribution in [0.3, 0.4) is 0 Å². The molecule has 1 aliphatic heterocycles. The van der Waals surface area contributed by atoms with Crippen molar-refractivity contribution in [3.63, 3.8) is 0 Å². The number of primary amides is 1. The van der Waals surface area contributed by atoms with Gasteiger partial charge >= 0.3 is 12.3 Å². The summed E-state index contributed by atoms with van der Waals surface area (Å²) in [5.74, 6) is -0.539. The molecule has 2 rings (SSSR count). The fraction of sp³-hybridized carbons (Fsp3) is 0.533. The second kappa shape index (κ2) is 7.89. The molecule has 0 spiro atoms. The van der Waals surface area contributed by atoms with Crippen molar-refractivity contribution in [2.45, 2.75) is 32.3 Å². The first-order chi connectivity index (χ1) is 11.4. The van der Waals surface area contributed by atoms with Crippen molar-refractivity contribution < 1.29 is 23.2 Å². The number of ether oxygens (including phenoxy) is 1. The van der Waals surface area contributed by atoms with Crippen molar-refractivity contribution in [1.29, 1.82) is 0 Å². The number of alkyl halides is 2.